The molecule has 0 unspecified atom stereocenters. The average molecular weight is 261 g/mol. The quantitative estimate of drug-likeness (QED) is 0.631. The van der Waals surface area contributed by atoms with Crippen LogP contribution in [0.25, 0.3) is 0 Å². The van der Waals surface area contributed by atoms with E-state index in [2.05, 4.69) is 22.1 Å². The minimum Gasteiger partial charge on any atom is -0.375 e. The van der Waals surface area contributed by atoms with E-state index in [4.69, 9.17) is 4.74 Å². The Hall–Kier alpha value is -1.63. The third kappa shape index (κ3) is 5.13. The molecule has 1 aromatic rings. The third-order valence-electron chi connectivity index (χ3n) is 1.86. The molecule has 1 aromatic heterocycles. The molecule has 0 amide bonds. The molecule has 0 aliphatic heterocycles. The lowest BCUT2D eigenvalue weighted by molar-refractivity contribution is -0.141. The number of ether oxygens (including phenoxy) is 1. The second-order valence-corrected chi connectivity index (χ2v) is 3.74. The Kier molecular flexibility index (Phi) is 5.08. The van der Waals surface area contributed by atoms with Gasteiger partial charge in [0.25, 0.3) is 0 Å². The lowest BCUT2D eigenvalue weighted by Crippen LogP contribution is -2.13. The van der Waals surface area contributed by atoms with Crippen LogP contribution in [0.5, 0.6) is 0 Å². The maximum absolute atomic E-state index is 12.2. The molecule has 0 bridgehead atoms. The summed E-state index contributed by atoms with van der Waals surface area (Å²) in [5.74, 6) is 0.280. The first-order valence-electron chi connectivity index (χ1n) is 5.26. The fourth-order valence-electron chi connectivity index (χ4n) is 1.08. The molecule has 7 heteroatoms. The molecule has 1 heterocycles. The van der Waals surface area contributed by atoms with E-state index in [9.17, 15) is 13.2 Å². The molecule has 0 saturated heterocycles. The molecule has 0 fully saturated rings. The standard InChI is InChI=1S/C11H14F3N3O/c1-8(2)7-18-6-5-15-10-4-3-9(16-17-10)11(12,13)14/h3-4H,1,5-7H2,2H3,(H,15,17). The highest BCUT2D eigenvalue weighted by Gasteiger charge is 2.32. The second kappa shape index (κ2) is 6.34. The van der Waals surface area contributed by atoms with E-state index >= 15 is 0 Å². The van der Waals surface area contributed by atoms with Gasteiger partial charge in [-0.05, 0) is 19.1 Å². The summed E-state index contributed by atoms with van der Waals surface area (Å²) in [6.45, 7) is 6.82. The molecule has 0 aromatic carbocycles. The molecule has 1 N–H and O–H groups in total. The lowest BCUT2D eigenvalue weighted by Gasteiger charge is -2.07. The molecule has 0 atom stereocenters. The van der Waals surface area contributed by atoms with E-state index in [-0.39, 0.29) is 5.82 Å². The summed E-state index contributed by atoms with van der Waals surface area (Å²) in [6, 6.07) is 2.11. The zero-order chi connectivity index (χ0) is 13.6. The van der Waals surface area contributed by atoms with Crippen molar-refractivity contribution in [3.63, 3.8) is 0 Å². The zero-order valence-corrected chi connectivity index (χ0v) is 9.92. The predicted molar refractivity (Wildman–Crippen MR) is 61.2 cm³/mol. The van der Waals surface area contributed by atoms with Gasteiger partial charge in [-0.3, -0.25) is 0 Å². The second-order valence-electron chi connectivity index (χ2n) is 3.74. The first-order chi connectivity index (χ1) is 8.39. The number of nitrogens with one attached hydrogen (secondary N) is 1. The van der Waals surface area contributed by atoms with Gasteiger partial charge in [0, 0.05) is 6.54 Å². The van der Waals surface area contributed by atoms with Gasteiger partial charge in [0.1, 0.15) is 5.82 Å². The van der Waals surface area contributed by atoms with Gasteiger partial charge in [-0.25, -0.2) is 0 Å². The molecular formula is C11H14F3N3O. The maximum atomic E-state index is 12.2. The van der Waals surface area contributed by atoms with E-state index in [0.717, 1.165) is 11.6 Å². The summed E-state index contributed by atoms with van der Waals surface area (Å²) < 4.78 is 41.8. The van der Waals surface area contributed by atoms with Gasteiger partial charge in [-0.1, -0.05) is 12.2 Å². The van der Waals surface area contributed by atoms with Crippen LogP contribution >= 0.6 is 0 Å². The van der Waals surface area contributed by atoms with Crippen LogP contribution in [0.4, 0.5) is 19.0 Å². The smallest absolute Gasteiger partial charge is 0.375 e. The summed E-state index contributed by atoms with van der Waals surface area (Å²) >= 11 is 0. The molecule has 0 radical (unpaired) electrons. The van der Waals surface area contributed by atoms with Crippen LogP contribution < -0.4 is 5.32 Å². The van der Waals surface area contributed by atoms with Crippen LogP contribution in [0, 0.1) is 0 Å². The minimum absolute atomic E-state index is 0.280. The van der Waals surface area contributed by atoms with E-state index in [1.807, 2.05) is 6.92 Å². The van der Waals surface area contributed by atoms with Gasteiger partial charge in [0.05, 0.1) is 13.2 Å². The molecule has 18 heavy (non-hydrogen) atoms. The van der Waals surface area contributed by atoms with Crippen molar-refractivity contribution in [3.05, 3.63) is 30.0 Å². The minimum atomic E-state index is -4.46. The fourth-order valence-corrected chi connectivity index (χ4v) is 1.08. The van der Waals surface area contributed by atoms with Crippen LogP contribution in [-0.4, -0.2) is 30.0 Å². The van der Waals surface area contributed by atoms with Crippen molar-refractivity contribution < 1.29 is 17.9 Å². The molecule has 4 nitrogen and oxygen atoms in total. The first kappa shape index (κ1) is 14.4. The van der Waals surface area contributed by atoms with Crippen molar-refractivity contribution in [2.45, 2.75) is 13.1 Å². The van der Waals surface area contributed by atoms with Crippen LogP contribution in [0.1, 0.15) is 12.6 Å². The molecule has 1 rings (SSSR count). The Bertz CT molecular complexity index is 390. The summed E-state index contributed by atoms with van der Waals surface area (Å²) in [6.07, 6.45) is -4.46. The van der Waals surface area contributed by atoms with Crippen molar-refractivity contribution in [2.75, 3.05) is 25.1 Å². The van der Waals surface area contributed by atoms with Crippen LogP contribution in [0.2, 0.25) is 0 Å². The highest BCUT2D eigenvalue weighted by atomic mass is 19.4. The molecule has 100 valence electrons. The van der Waals surface area contributed by atoms with Crippen LogP contribution in [-0.2, 0) is 10.9 Å². The normalized spacial score (nSPS) is 11.3. The monoisotopic (exact) mass is 261 g/mol. The summed E-state index contributed by atoms with van der Waals surface area (Å²) in [5, 5.41) is 9.31. The summed E-state index contributed by atoms with van der Waals surface area (Å²) in [7, 11) is 0. The fraction of sp³-hybridized carbons (Fsp3) is 0.455. The summed E-state index contributed by atoms with van der Waals surface area (Å²) in [4.78, 5) is 0. The zero-order valence-electron chi connectivity index (χ0n) is 9.92. The topological polar surface area (TPSA) is 47.0 Å². The Morgan fingerprint density at radius 3 is 2.61 bits per heavy atom. The molecule has 0 aliphatic carbocycles. The number of nitrogens with zero attached hydrogens (tertiary/aromatic N) is 2. The van der Waals surface area contributed by atoms with E-state index < -0.39 is 11.9 Å². The number of alkyl halides is 3. The van der Waals surface area contributed by atoms with Gasteiger partial charge in [0.15, 0.2) is 5.69 Å². The predicted octanol–water partition coefficient (Wildman–Crippen LogP) is 2.50. The first-order valence-corrected chi connectivity index (χ1v) is 5.26. The van der Waals surface area contributed by atoms with E-state index in [0.29, 0.717) is 19.8 Å². The number of aromatic nitrogens is 2. The van der Waals surface area contributed by atoms with Gasteiger partial charge in [-0.2, -0.15) is 13.2 Å². The Labute approximate surface area is 103 Å². The number of rotatable bonds is 6. The van der Waals surface area contributed by atoms with E-state index in [1.54, 1.807) is 0 Å². The molecule has 0 saturated carbocycles. The maximum Gasteiger partial charge on any atom is 0.435 e. The Balaban J connectivity index is 2.33. The lowest BCUT2D eigenvalue weighted by atomic mass is 10.4. The summed E-state index contributed by atoms with van der Waals surface area (Å²) in [5.41, 5.74) is -0.101. The average Bonchev–Trinajstić information content (AvgIpc) is 2.27. The number of hydrogen-bond donors (Lipinski definition) is 1. The SMILES string of the molecule is C=C(C)COCCNc1ccc(C(F)(F)F)nn1. The van der Waals surface area contributed by atoms with Crippen molar-refractivity contribution in [3.8, 4) is 0 Å². The van der Waals surface area contributed by atoms with Crippen molar-refractivity contribution in [2.24, 2.45) is 0 Å². The van der Waals surface area contributed by atoms with E-state index in [1.165, 1.54) is 6.07 Å². The van der Waals surface area contributed by atoms with Gasteiger partial charge in [0.2, 0.25) is 0 Å². The van der Waals surface area contributed by atoms with Gasteiger partial charge < -0.3 is 10.1 Å². The largest absolute Gasteiger partial charge is 0.435 e. The Morgan fingerprint density at radius 1 is 1.39 bits per heavy atom. The highest BCUT2D eigenvalue weighted by Crippen LogP contribution is 2.26. The molecule has 0 aliphatic rings. The Morgan fingerprint density at radius 2 is 2.11 bits per heavy atom. The van der Waals surface area contributed by atoms with Crippen molar-refractivity contribution in [1.29, 1.82) is 0 Å². The third-order valence-corrected chi connectivity index (χ3v) is 1.86. The van der Waals surface area contributed by atoms with Gasteiger partial charge >= 0.3 is 6.18 Å². The van der Waals surface area contributed by atoms with Crippen molar-refractivity contribution >= 4 is 5.82 Å². The van der Waals surface area contributed by atoms with Crippen LogP contribution in [0.15, 0.2) is 24.3 Å². The highest BCUT2D eigenvalue weighted by molar-refractivity contribution is 5.33. The molecular weight excluding hydrogens is 247 g/mol. The van der Waals surface area contributed by atoms with Gasteiger partial charge in [-0.15, -0.1) is 10.2 Å². The number of halogens is 3. The number of hydrogen-bond acceptors (Lipinski definition) is 4. The number of anilines is 1. The molecule has 0 spiro atoms. The van der Waals surface area contributed by atoms with Crippen LogP contribution in [0.3, 0.4) is 0 Å². The van der Waals surface area contributed by atoms with Crippen molar-refractivity contribution in [1.82, 2.24) is 10.2 Å².